The summed E-state index contributed by atoms with van der Waals surface area (Å²) in [4.78, 5) is 8.89. The molecule has 0 atom stereocenters. The lowest BCUT2D eigenvalue weighted by Crippen LogP contribution is -2.14. The van der Waals surface area contributed by atoms with Crippen LogP contribution in [0.2, 0.25) is 0 Å². The van der Waals surface area contributed by atoms with Gasteiger partial charge in [0.15, 0.2) is 0 Å². The van der Waals surface area contributed by atoms with Crippen LogP contribution in [-0.4, -0.2) is 30.7 Å². The number of hydrogen-bond acceptors (Lipinski definition) is 3. The highest BCUT2D eigenvalue weighted by Gasteiger charge is 2.18. The summed E-state index contributed by atoms with van der Waals surface area (Å²) >= 11 is 0. The third kappa shape index (κ3) is 1.33. The average Bonchev–Trinajstić information content (AvgIpc) is 2.17. The van der Waals surface area contributed by atoms with E-state index in [0.29, 0.717) is 0 Å². The molecule has 0 unspecified atom stereocenters. The van der Waals surface area contributed by atoms with Gasteiger partial charge in [-0.25, -0.2) is 0 Å². The molecule has 60 valence electrons. The van der Waals surface area contributed by atoms with Crippen LogP contribution in [0.5, 0.6) is 0 Å². The lowest BCUT2D eigenvalue weighted by molar-refractivity contribution is 0.720. The quantitative estimate of drug-likeness (QED) is 0.541. The van der Waals surface area contributed by atoms with Gasteiger partial charge in [-0.2, -0.15) is 0 Å². The lowest BCUT2D eigenvalue weighted by Gasteiger charge is -1.95. The Balaban J connectivity index is 2.19. The molecule has 2 aliphatic rings. The van der Waals surface area contributed by atoms with Gasteiger partial charge in [0.25, 0.3) is 0 Å². The molecule has 2 rings (SSSR count). The van der Waals surface area contributed by atoms with E-state index in [1.54, 1.807) is 0 Å². The first-order valence-electron chi connectivity index (χ1n) is 4.21. The minimum absolute atomic E-state index is 0.193. The average molecular weight is 151 g/mol. The van der Waals surface area contributed by atoms with E-state index < -0.39 is 0 Å². The van der Waals surface area contributed by atoms with E-state index in [2.05, 4.69) is 15.3 Å². The maximum Gasteiger partial charge on any atom is 0.137 e. The fourth-order valence-corrected chi connectivity index (χ4v) is 1.59. The van der Waals surface area contributed by atoms with Crippen molar-refractivity contribution in [2.24, 2.45) is 9.98 Å². The molecule has 2 aliphatic heterocycles. The standard InChI is InChI=1S/C8H13N3/c1-6-10-7-2-4-9-5-3-8(7)11-6/h6,9H,2-5H2,1H3. The number of hydrogen-bond donors (Lipinski definition) is 1. The summed E-state index contributed by atoms with van der Waals surface area (Å²) in [7, 11) is 0. The molecular formula is C8H13N3. The molecule has 1 saturated heterocycles. The summed E-state index contributed by atoms with van der Waals surface area (Å²) in [6.07, 6.45) is 2.31. The monoisotopic (exact) mass is 151 g/mol. The van der Waals surface area contributed by atoms with Crippen LogP contribution in [0.1, 0.15) is 19.8 Å². The van der Waals surface area contributed by atoms with Crippen LogP contribution < -0.4 is 5.32 Å². The molecule has 0 aromatic heterocycles. The fraction of sp³-hybridized carbons (Fsp3) is 0.750. The van der Waals surface area contributed by atoms with Crippen molar-refractivity contribution in [1.29, 1.82) is 0 Å². The molecule has 1 N–H and O–H groups in total. The van der Waals surface area contributed by atoms with Crippen LogP contribution in [0.3, 0.4) is 0 Å². The minimum atomic E-state index is 0.193. The van der Waals surface area contributed by atoms with Gasteiger partial charge in [-0.3, -0.25) is 9.98 Å². The normalized spacial score (nSPS) is 25.5. The smallest absolute Gasteiger partial charge is 0.137 e. The number of aliphatic imine (C=N–C) groups is 2. The van der Waals surface area contributed by atoms with Crippen molar-refractivity contribution in [3.05, 3.63) is 0 Å². The van der Waals surface area contributed by atoms with E-state index in [1.165, 1.54) is 11.4 Å². The van der Waals surface area contributed by atoms with Crippen molar-refractivity contribution in [2.45, 2.75) is 25.9 Å². The predicted molar refractivity (Wildman–Crippen MR) is 46.4 cm³/mol. The minimum Gasteiger partial charge on any atom is -0.316 e. The Kier molecular flexibility index (Phi) is 1.74. The largest absolute Gasteiger partial charge is 0.316 e. The lowest BCUT2D eigenvalue weighted by atomic mass is 10.1. The SMILES string of the molecule is CC1N=C2CCNCCC2=N1. The Labute approximate surface area is 66.6 Å². The van der Waals surface area contributed by atoms with Crippen LogP contribution in [0.15, 0.2) is 9.98 Å². The summed E-state index contributed by atoms with van der Waals surface area (Å²) in [5.41, 5.74) is 2.48. The van der Waals surface area contributed by atoms with Gasteiger partial charge in [-0.15, -0.1) is 0 Å². The Morgan fingerprint density at radius 1 is 1.18 bits per heavy atom. The maximum atomic E-state index is 4.44. The van der Waals surface area contributed by atoms with Gasteiger partial charge < -0.3 is 5.32 Å². The summed E-state index contributed by atoms with van der Waals surface area (Å²) in [5.74, 6) is 0. The van der Waals surface area contributed by atoms with Crippen LogP contribution in [0, 0.1) is 0 Å². The zero-order valence-corrected chi connectivity index (χ0v) is 6.80. The second-order valence-electron chi connectivity index (χ2n) is 3.03. The first-order chi connectivity index (χ1) is 5.36. The van der Waals surface area contributed by atoms with Crippen molar-refractivity contribution in [3.63, 3.8) is 0 Å². The van der Waals surface area contributed by atoms with E-state index in [1.807, 2.05) is 6.92 Å². The van der Waals surface area contributed by atoms with E-state index in [9.17, 15) is 0 Å². The zero-order chi connectivity index (χ0) is 7.68. The summed E-state index contributed by atoms with van der Waals surface area (Å²) < 4.78 is 0. The number of nitrogens with one attached hydrogen (secondary N) is 1. The molecule has 0 radical (unpaired) electrons. The molecular weight excluding hydrogens is 138 g/mol. The second-order valence-corrected chi connectivity index (χ2v) is 3.03. The van der Waals surface area contributed by atoms with Crippen molar-refractivity contribution in [2.75, 3.05) is 13.1 Å². The fourth-order valence-electron chi connectivity index (χ4n) is 1.59. The van der Waals surface area contributed by atoms with Crippen LogP contribution in [0.4, 0.5) is 0 Å². The molecule has 0 aromatic rings. The summed E-state index contributed by atoms with van der Waals surface area (Å²) in [6.45, 7) is 4.16. The molecule has 1 fully saturated rings. The second kappa shape index (κ2) is 2.74. The van der Waals surface area contributed by atoms with Gasteiger partial charge in [0.2, 0.25) is 0 Å². The van der Waals surface area contributed by atoms with Gasteiger partial charge in [0.1, 0.15) is 6.17 Å². The Morgan fingerprint density at radius 3 is 2.27 bits per heavy atom. The summed E-state index contributed by atoms with van der Waals surface area (Å²) in [6, 6.07) is 0. The topological polar surface area (TPSA) is 36.8 Å². The molecule has 0 bridgehead atoms. The van der Waals surface area contributed by atoms with Gasteiger partial charge >= 0.3 is 0 Å². The number of fused-ring (bicyclic) bond motifs is 1. The molecule has 3 heteroatoms. The Morgan fingerprint density at radius 2 is 1.73 bits per heavy atom. The molecule has 0 spiro atoms. The highest BCUT2D eigenvalue weighted by molar-refractivity contribution is 6.43. The van der Waals surface area contributed by atoms with E-state index >= 15 is 0 Å². The molecule has 0 aromatic carbocycles. The van der Waals surface area contributed by atoms with Gasteiger partial charge in [0.05, 0.1) is 11.4 Å². The van der Waals surface area contributed by atoms with Gasteiger partial charge in [-0.1, -0.05) is 0 Å². The maximum absolute atomic E-state index is 4.44. The van der Waals surface area contributed by atoms with E-state index in [0.717, 1.165) is 25.9 Å². The van der Waals surface area contributed by atoms with Crippen molar-refractivity contribution in [1.82, 2.24) is 5.32 Å². The van der Waals surface area contributed by atoms with Crippen LogP contribution in [0.25, 0.3) is 0 Å². The molecule has 0 amide bonds. The highest BCUT2D eigenvalue weighted by Crippen LogP contribution is 2.11. The van der Waals surface area contributed by atoms with Crippen LogP contribution >= 0.6 is 0 Å². The Bertz CT molecular complexity index is 195. The van der Waals surface area contributed by atoms with Gasteiger partial charge in [0, 0.05) is 25.9 Å². The van der Waals surface area contributed by atoms with Crippen molar-refractivity contribution >= 4 is 11.4 Å². The van der Waals surface area contributed by atoms with E-state index in [-0.39, 0.29) is 6.17 Å². The molecule has 0 aliphatic carbocycles. The van der Waals surface area contributed by atoms with Crippen molar-refractivity contribution in [3.8, 4) is 0 Å². The molecule has 0 saturated carbocycles. The molecule has 3 nitrogen and oxygen atoms in total. The van der Waals surface area contributed by atoms with Gasteiger partial charge in [-0.05, 0) is 6.92 Å². The van der Waals surface area contributed by atoms with E-state index in [4.69, 9.17) is 0 Å². The highest BCUT2D eigenvalue weighted by atomic mass is 15.1. The number of rotatable bonds is 0. The third-order valence-electron chi connectivity index (χ3n) is 2.10. The Hall–Kier alpha value is -0.700. The number of nitrogens with zero attached hydrogens (tertiary/aromatic N) is 2. The zero-order valence-electron chi connectivity index (χ0n) is 6.80. The van der Waals surface area contributed by atoms with Crippen LogP contribution in [-0.2, 0) is 0 Å². The predicted octanol–water partition coefficient (Wildman–Crippen LogP) is 0.611. The molecule has 11 heavy (non-hydrogen) atoms. The van der Waals surface area contributed by atoms with Crippen molar-refractivity contribution < 1.29 is 0 Å². The molecule has 2 heterocycles. The third-order valence-corrected chi connectivity index (χ3v) is 2.10. The first kappa shape index (κ1) is 6.98. The summed E-state index contributed by atoms with van der Waals surface area (Å²) in [5, 5.41) is 3.33. The first-order valence-corrected chi connectivity index (χ1v) is 4.21.